The number of nitrogens with zero attached hydrogens (tertiary/aromatic N) is 1. The molecule has 0 aliphatic carbocycles. The van der Waals surface area contributed by atoms with Crippen LogP contribution in [0.4, 0.5) is 0 Å². The molecule has 1 rings (SSSR count). The van der Waals surface area contributed by atoms with E-state index in [9.17, 15) is 4.79 Å². The maximum absolute atomic E-state index is 11.3. The largest absolute Gasteiger partial charge is 0.341 e. The molecule has 0 spiro atoms. The maximum Gasteiger partial charge on any atom is 0.249 e. The number of likely N-dealkylation sites (tertiary alicyclic amines) is 1. The van der Waals surface area contributed by atoms with Crippen molar-refractivity contribution in [2.75, 3.05) is 26.0 Å². The van der Waals surface area contributed by atoms with E-state index in [1.807, 2.05) is 11.2 Å². The molecule has 1 aliphatic heterocycles. The van der Waals surface area contributed by atoms with E-state index in [2.05, 4.69) is 0 Å². The monoisotopic (exact) mass is 189 g/mol. The molecule has 0 aromatic heterocycles. The van der Waals surface area contributed by atoms with Gasteiger partial charge >= 0.3 is 0 Å². The molecule has 0 aromatic carbocycles. The molecule has 70 valence electrons. The van der Waals surface area contributed by atoms with Crippen LogP contribution in [0.5, 0.6) is 0 Å². The lowest BCUT2D eigenvalue weighted by atomic mass is 10.1. The predicted octanol–water partition coefficient (Wildman–Crippen LogP) is 1.29. The van der Waals surface area contributed by atoms with Crippen LogP contribution in [0, 0.1) is 0 Å². The summed E-state index contributed by atoms with van der Waals surface area (Å²) in [4.78, 5) is 13.2. The van der Waals surface area contributed by atoms with Crippen molar-refractivity contribution in [1.82, 2.24) is 4.90 Å². The van der Waals surface area contributed by atoms with Gasteiger partial charge in [-0.2, -0.15) is 0 Å². The minimum atomic E-state index is 0.129. The fourth-order valence-corrected chi connectivity index (χ4v) is 1.56. The maximum atomic E-state index is 11.3. The van der Waals surface area contributed by atoms with Crippen LogP contribution in [-0.4, -0.2) is 36.8 Å². The zero-order valence-corrected chi connectivity index (χ0v) is 8.23. The summed E-state index contributed by atoms with van der Waals surface area (Å²) in [6.45, 7) is 2.05. The summed E-state index contributed by atoms with van der Waals surface area (Å²) in [7, 11) is 0. The highest BCUT2D eigenvalue weighted by molar-refractivity contribution is 7.93. The normalized spacial score (nSPS) is 17.9. The topological polar surface area (TPSA) is 29.5 Å². The lowest BCUT2D eigenvalue weighted by molar-refractivity contribution is -0.133. The summed E-state index contributed by atoms with van der Waals surface area (Å²) >= 11 is 1.25. The van der Waals surface area contributed by atoms with Crippen LogP contribution in [0.15, 0.2) is 0 Å². The molecule has 1 aliphatic rings. The van der Waals surface area contributed by atoms with Crippen molar-refractivity contribution < 1.29 is 8.98 Å². The average Bonchev–Trinajstić information content (AvgIpc) is 2.15. The van der Waals surface area contributed by atoms with Gasteiger partial charge in [0.15, 0.2) is 0 Å². The van der Waals surface area contributed by atoms with Gasteiger partial charge in [0.25, 0.3) is 0 Å². The zero-order valence-electron chi connectivity index (χ0n) is 7.41. The predicted molar refractivity (Wildman–Crippen MR) is 49.9 cm³/mol. The quantitative estimate of drug-likeness (QED) is 0.627. The summed E-state index contributed by atoms with van der Waals surface area (Å²) in [5.74, 6) is 0.129. The van der Waals surface area contributed by atoms with Crippen LogP contribution in [0.2, 0.25) is 0 Å². The third-order valence-electron chi connectivity index (χ3n) is 2.01. The Bertz CT molecular complexity index is 146. The summed E-state index contributed by atoms with van der Waals surface area (Å²) in [5, 5.41) is 0. The fraction of sp³-hybridized carbons (Fsp3) is 0.875. The van der Waals surface area contributed by atoms with Crippen LogP contribution < -0.4 is 0 Å². The van der Waals surface area contributed by atoms with Crippen LogP contribution in [0.25, 0.3) is 0 Å². The van der Waals surface area contributed by atoms with E-state index in [0.717, 1.165) is 25.9 Å². The second-order valence-corrected chi connectivity index (χ2v) is 3.44. The average molecular weight is 189 g/mol. The number of hydrogen-bond donors (Lipinski definition) is 0. The molecule has 0 aromatic rings. The van der Waals surface area contributed by atoms with Crippen molar-refractivity contribution in [1.29, 1.82) is 0 Å². The Hall–Kier alpha value is -0.220. The molecule has 0 unspecified atom stereocenters. The molecule has 0 atom stereocenters. The van der Waals surface area contributed by atoms with Crippen molar-refractivity contribution in [2.45, 2.75) is 19.3 Å². The molecule has 1 amide bonds. The van der Waals surface area contributed by atoms with E-state index in [4.69, 9.17) is 4.18 Å². The smallest absolute Gasteiger partial charge is 0.249 e. The van der Waals surface area contributed by atoms with Gasteiger partial charge in [-0.25, -0.2) is 0 Å². The van der Waals surface area contributed by atoms with Gasteiger partial charge in [-0.3, -0.25) is 4.79 Å². The Balaban J connectivity index is 2.20. The molecule has 0 saturated carbocycles. The third-order valence-corrected chi connectivity index (χ3v) is 2.36. The number of amides is 1. The van der Waals surface area contributed by atoms with Crippen LogP contribution in [0.1, 0.15) is 19.3 Å². The van der Waals surface area contributed by atoms with Crippen molar-refractivity contribution >= 4 is 17.9 Å². The van der Waals surface area contributed by atoms with Gasteiger partial charge in [0.2, 0.25) is 5.91 Å². The highest BCUT2D eigenvalue weighted by atomic mass is 32.2. The van der Waals surface area contributed by atoms with Crippen molar-refractivity contribution in [2.24, 2.45) is 0 Å². The highest BCUT2D eigenvalue weighted by Crippen LogP contribution is 2.09. The van der Waals surface area contributed by atoms with Crippen molar-refractivity contribution in [3.8, 4) is 0 Å². The van der Waals surface area contributed by atoms with Crippen molar-refractivity contribution in [3.63, 3.8) is 0 Å². The third kappa shape index (κ3) is 3.03. The van der Waals surface area contributed by atoms with Gasteiger partial charge in [-0.1, -0.05) is 0 Å². The fourth-order valence-electron chi connectivity index (χ4n) is 1.34. The minimum absolute atomic E-state index is 0.129. The zero-order chi connectivity index (χ0) is 8.81. The second kappa shape index (κ2) is 5.43. The Morgan fingerprint density at radius 3 is 2.67 bits per heavy atom. The molecular formula is C8H15NO2S. The van der Waals surface area contributed by atoms with E-state index in [1.165, 1.54) is 18.5 Å². The van der Waals surface area contributed by atoms with Gasteiger partial charge in [0, 0.05) is 19.3 Å². The SMILES string of the molecule is CSOCC(=O)N1CCCCC1. The van der Waals surface area contributed by atoms with Crippen LogP contribution in [-0.2, 0) is 8.98 Å². The molecule has 12 heavy (non-hydrogen) atoms. The first-order chi connectivity index (χ1) is 5.84. The lowest BCUT2D eigenvalue weighted by Gasteiger charge is -2.26. The summed E-state index contributed by atoms with van der Waals surface area (Å²) < 4.78 is 4.97. The first-order valence-corrected chi connectivity index (χ1v) is 5.43. The number of carbonyl (C=O) groups is 1. The molecule has 4 heteroatoms. The molecule has 0 N–H and O–H groups in total. The van der Waals surface area contributed by atoms with E-state index in [0.29, 0.717) is 0 Å². The van der Waals surface area contributed by atoms with Crippen molar-refractivity contribution in [3.05, 3.63) is 0 Å². The summed E-state index contributed by atoms with van der Waals surface area (Å²) in [5.41, 5.74) is 0. The van der Waals surface area contributed by atoms with E-state index < -0.39 is 0 Å². The second-order valence-electron chi connectivity index (χ2n) is 2.87. The molecule has 1 heterocycles. The van der Waals surface area contributed by atoms with Gasteiger partial charge in [-0.05, 0) is 31.3 Å². The molecule has 1 fully saturated rings. The van der Waals surface area contributed by atoms with E-state index >= 15 is 0 Å². The number of piperidine rings is 1. The summed E-state index contributed by atoms with van der Waals surface area (Å²) in [6.07, 6.45) is 5.37. The lowest BCUT2D eigenvalue weighted by Crippen LogP contribution is -2.37. The number of hydrogen-bond acceptors (Lipinski definition) is 3. The Kier molecular flexibility index (Phi) is 4.46. The highest BCUT2D eigenvalue weighted by Gasteiger charge is 2.15. The molecule has 0 radical (unpaired) electrons. The van der Waals surface area contributed by atoms with E-state index in [1.54, 1.807) is 0 Å². The number of rotatable bonds is 3. The standard InChI is InChI=1S/C8H15NO2S/c1-12-11-7-8(10)9-5-3-2-4-6-9/h2-7H2,1H3. The Labute approximate surface area is 77.7 Å². The molecule has 0 bridgehead atoms. The van der Waals surface area contributed by atoms with Gasteiger partial charge in [0.1, 0.15) is 6.61 Å². The molecule has 3 nitrogen and oxygen atoms in total. The molecular weight excluding hydrogens is 174 g/mol. The van der Waals surface area contributed by atoms with Crippen LogP contribution in [0.3, 0.4) is 0 Å². The molecule has 1 saturated heterocycles. The number of carbonyl (C=O) groups excluding carboxylic acids is 1. The van der Waals surface area contributed by atoms with Gasteiger partial charge in [-0.15, -0.1) is 0 Å². The Morgan fingerprint density at radius 2 is 2.08 bits per heavy atom. The first kappa shape index (κ1) is 9.86. The summed E-state index contributed by atoms with van der Waals surface area (Å²) in [6, 6.07) is 0. The minimum Gasteiger partial charge on any atom is -0.341 e. The van der Waals surface area contributed by atoms with Gasteiger partial charge in [0.05, 0.1) is 0 Å². The van der Waals surface area contributed by atoms with Crippen LogP contribution >= 0.6 is 12.0 Å². The van der Waals surface area contributed by atoms with E-state index in [-0.39, 0.29) is 12.5 Å². The first-order valence-electron chi connectivity index (χ1n) is 4.28. The Morgan fingerprint density at radius 1 is 1.42 bits per heavy atom. The van der Waals surface area contributed by atoms with Gasteiger partial charge < -0.3 is 9.08 Å².